The summed E-state index contributed by atoms with van der Waals surface area (Å²) in [6, 6.07) is 16.2. The predicted octanol–water partition coefficient (Wildman–Crippen LogP) is 4.84. The number of hydrogen-bond donors (Lipinski definition) is 3. The summed E-state index contributed by atoms with van der Waals surface area (Å²) in [6.45, 7) is 1.32. The van der Waals surface area contributed by atoms with Crippen LogP contribution in [0.15, 0.2) is 54.6 Å². The molecule has 0 bridgehead atoms. The molecule has 1 aliphatic rings. The number of thiophene rings is 1. The number of anilines is 1. The van der Waals surface area contributed by atoms with Crippen LogP contribution in [-0.4, -0.2) is 17.7 Å². The third-order valence-corrected chi connectivity index (χ3v) is 6.51. The molecule has 0 fully saturated rings. The summed E-state index contributed by atoms with van der Waals surface area (Å²) in [4.78, 5) is 38.4. The second-order valence-corrected chi connectivity index (χ2v) is 8.91. The molecule has 170 valence electrons. The molecule has 1 aromatic heterocycles. The van der Waals surface area contributed by atoms with Crippen molar-refractivity contribution < 1.29 is 19.1 Å². The molecule has 1 aliphatic carbocycles. The Bertz CT molecular complexity index is 1170. The van der Waals surface area contributed by atoms with Gasteiger partial charge in [0, 0.05) is 17.4 Å². The zero-order valence-corrected chi connectivity index (χ0v) is 19.1. The topological polar surface area (TPSA) is 96.5 Å². The lowest BCUT2D eigenvalue weighted by Crippen LogP contribution is -2.40. The number of carbonyl (C=O) groups is 3. The van der Waals surface area contributed by atoms with Crippen LogP contribution in [0.2, 0.25) is 0 Å². The molecule has 0 atom stereocenters. The highest BCUT2D eigenvalue weighted by atomic mass is 32.1. The highest BCUT2D eigenvalue weighted by Crippen LogP contribution is 2.37. The van der Waals surface area contributed by atoms with Crippen molar-refractivity contribution in [2.75, 3.05) is 5.32 Å². The second kappa shape index (κ2) is 10.3. The van der Waals surface area contributed by atoms with E-state index in [0.29, 0.717) is 27.6 Å². The number of amides is 3. The van der Waals surface area contributed by atoms with Gasteiger partial charge in [0.05, 0.1) is 5.56 Å². The van der Waals surface area contributed by atoms with Crippen LogP contribution in [0.1, 0.15) is 57.3 Å². The first-order chi connectivity index (χ1) is 16.0. The molecule has 0 saturated heterocycles. The predicted molar refractivity (Wildman–Crippen MR) is 128 cm³/mol. The largest absolute Gasteiger partial charge is 0.457 e. The van der Waals surface area contributed by atoms with E-state index in [1.54, 1.807) is 24.3 Å². The summed E-state index contributed by atoms with van der Waals surface area (Å²) >= 11 is 1.43. The van der Waals surface area contributed by atoms with Crippen molar-refractivity contribution in [2.24, 2.45) is 0 Å². The van der Waals surface area contributed by atoms with Crippen molar-refractivity contribution in [1.29, 1.82) is 0 Å². The normalized spacial score (nSPS) is 12.8. The number of carbonyl (C=O) groups excluding carboxylic acids is 3. The van der Waals surface area contributed by atoms with Gasteiger partial charge in [-0.05, 0) is 61.6 Å². The minimum atomic E-state index is -0.430. The van der Waals surface area contributed by atoms with Gasteiger partial charge >= 0.3 is 0 Å². The van der Waals surface area contributed by atoms with E-state index >= 15 is 0 Å². The summed E-state index contributed by atoms with van der Waals surface area (Å²) < 4.78 is 5.83. The maximum atomic E-state index is 13.1. The van der Waals surface area contributed by atoms with E-state index in [0.717, 1.165) is 42.5 Å². The van der Waals surface area contributed by atoms with Crippen LogP contribution < -0.4 is 20.9 Å². The lowest BCUT2D eigenvalue weighted by atomic mass is 10.0. The molecule has 0 radical (unpaired) electrons. The molecule has 0 spiro atoms. The van der Waals surface area contributed by atoms with Crippen molar-refractivity contribution in [1.82, 2.24) is 10.9 Å². The highest BCUT2D eigenvalue weighted by Gasteiger charge is 2.26. The molecule has 3 N–H and O–H groups in total. The summed E-state index contributed by atoms with van der Waals surface area (Å²) in [7, 11) is 0. The molecule has 3 aromatic rings. The molecule has 7 nitrogen and oxygen atoms in total. The third-order valence-electron chi connectivity index (χ3n) is 5.30. The highest BCUT2D eigenvalue weighted by molar-refractivity contribution is 7.17. The SMILES string of the molecule is CC(=O)NNC(=O)c1c(NC(=O)c2cccc(Oc3ccccc3)c2)sc2c1CCCCC2. The molecule has 0 aliphatic heterocycles. The van der Waals surface area contributed by atoms with Crippen molar-refractivity contribution in [2.45, 2.75) is 39.0 Å². The lowest BCUT2D eigenvalue weighted by Gasteiger charge is -2.11. The Morgan fingerprint density at radius 2 is 1.61 bits per heavy atom. The van der Waals surface area contributed by atoms with E-state index < -0.39 is 5.91 Å². The smallest absolute Gasteiger partial charge is 0.272 e. The fourth-order valence-electron chi connectivity index (χ4n) is 3.78. The number of nitrogens with one attached hydrogen (secondary N) is 3. The standard InChI is InChI=1S/C25H25N3O4S/c1-16(29)27-28-24(31)22-20-13-6-3-7-14-21(20)33-25(22)26-23(30)17-9-8-12-19(15-17)32-18-10-4-2-5-11-18/h2,4-5,8-12,15H,3,6-7,13-14H2,1H3,(H,26,30)(H,27,29)(H,28,31). The minimum absolute atomic E-state index is 0.335. The molecule has 33 heavy (non-hydrogen) atoms. The second-order valence-electron chi connectivity index (χ2n) is 7.80. The van der Waals surface area contributed by atoms with Crippen LogP contribution in [0.25, 0.3) is 0 Å². The van der Waals surface area contributed by atoms with Crippen molar-refractivity contribution in [3.8, 4) is 11.5 Å². The molecule has 2 aromatic carbocycles. The van der Waals surface area contributed by atoms with E-state index in [4.69, 9.17) is 4.74 Å². The molecule has 8 heteroatoms. The van der Waals surface area contributed by atoms with Gasteiger partial charge < -0.3 is 10.1 Å². The maximum absolute atomic E-state index is 13.1. The van der Waals surface area contributed by atoms with Gasteiger partial charge in [-0.15, -0.1) is 11.3 Å². The monoisotopic (exact) mass is 463 g/mol. The van der Waals surface area contributed by atoms with Gasteiger partial charge in [-0.2, -0.15) is 0 Å². The average molecular weight is 464 g/mol. The molecule has 0 unspecified atom stereocenters. The number of rotatable bonds is 5. The Balaban J connectivity index is 1.58. The molecular formula is C25H25N3O4S. The quantitative estimate of drug-likeness (QED) is 0.373. The number of hydrogen-bond acceptors (Lipinski definition) is 5. The Morgan fingerprint density at radius 1 is 0.848 bits per heavy atom. The number of para-hydroxylation sites is 1. The fraction of sp³-hybridized carbons (Fsp3) is 0.240. The van der Waals surface area contributed by atoms with Crippen LogP contribution in [0, 0.1) is 0 Å². The summed E-state index contributed by atoms with van der Waals surface area (Å²) in [6.07, 6.45) is 4.77. The molecule has 0 saturated carbocycles. The molecule has 3 amide bonds. The molecule has 1 heterocycles. The third kappa shape index (κ3) is 5.59. The van der Waals surface area contributed by atoms with Gasteiger partial charge in [0.1, 0.15) is 16.5 Å². The van der Waals surface area contributed by atoms with E-state index in [-0.39, 0.29) is 11.8 Å². The number of fused-ring (bicyclic) bond motifs is 1. The summed E-state index contributed by atoms with van der Waals surface area (Å²) in [5.41, 5.74) is 6.58. The van der Waals surface area contributed by atoms with Gasteiger partial charge in [0.25, 0.3) is 11.8 Å². The zero-order chi connectivity index (χ0) is 23.2. The van der Waals surface area contributed by atoms with E-state index in [1.165, 1.54) is 18.3 Å². The summed E-state index contributed by atoms with van der Waals surface area (Å²) in [5.74, 6) is 0.0819. The van der Waals surface area contributed by atoms with Gasteiger partial charge in [0.15, 0.2) is 0 Å². The van der Waals surface area contributed by atoms with E-state index in [2.05, 4.69) is 16.2 Å². The van der Waals surface area contributed by atoms with Gasteiger partial charge in [-0.25, -0.2) is 0 Å². The maximum Gasteiger partial charge on any atom is 0.272 e. The van der Waals surface area contributed by atoms with Gasteiger partial charge in [-0.1, -0.05) is 30.7 Å². The molecule has 4 rings (SSSR count). The summed E-state index contributed by atoms with van der Waals surface area (Å²) in [5, 5.41) is 3.40. The number of benzene rings is 2. The van der Waals surface area contributed by atoms with E-state index in [1.807, 2.05) is 30.3 Å². The van der Waals surface area contributed by atoms with Crippen LogP contribution in [0.3, 0.4) is 0 Å². The average Bonchev–Trinajstić information content (AvgIpc) is 2.98. The molecular weight excluding hydrogens is 438 g/mol. The van der Waals surface area contributed by atoms with Crippen LogP contribution >= 0.6 is 11.3 Å². The Hall–Kier alpha value is -3.65. The Labute approximate surface area is 196 Å². The van der Waals surface area contributed by atoms with Crippen molar-refractivity contribution in [3.05, 3.63) is 76.2 Å². The first-order valence-electron chi connectivity index (χ1n) is 10.9. The Kier molecular flexibility index (Phi) is 7.04. The van der Waals surface area contributed by atoms with Crippen molar-refractivity contribution in [3.63, 3.8) is 0 Å². The Morgan fingerprint density at radius 3 is 2.39 bits per heavy atom. The first-order valence-corrected chi connectivity index (χ1v) is 11.7. The van der Waals surface area contributed by atoms with E-state index in [9.17, 15) is 14.4 Å². The van der Waals surface area contributed by atoms with Crippen LogP contribution in [-0.2, 0) is 17.6 Å². The number of hydrazine groups is 1. The fourth-order valence-corrected chi connectivity index (χ4v) is 5.06. The van der Waals surface area contributed by atoms with Gasteiger partial charge in [0.2, 0.25) is 5.91 Å². The minimum Gasteiger partial charge on any atom is -0.457 e. The van der Waals surface area contributed by atoms with Gasteiger partial charge in [-0.3, -0.25) is 25.2 Å². The first kappa shape index (κ1) is 22.5. The van der Waals surface area contributed by atoms with Crippen LogP contribution in [0.5, 0.6) is 11.5 Å². The lowest BCUT2D eigenvalue weighted by molar-refractivity contribution is -0.119. The van der Waals surface area contributed by atoms with Crippen LogP contribution in [0.4, 0.5) is 5.00 Å². The number of ether oxygens (including phenoxy) is 1. The zero-order valence-electron chi connectivity index (χ0n) is 18.3. The number of aryl methyl sites for hydroxylation is 1. The van der Waals surface area contributed by atoms with Crippen molar-refractivity contribution >= 4 is 34.1 Å².